The first-order valence-electron chi connectivity index (χ1n) is 5.78. The zero-order valence-electron chi connectivity index (χ0n) is 10.5. The molecule has 0 bridgehead atoms. The molecule has 1 aromatic carbocycles. The Morgan fingerprint density at radius 2 is 2.10 bits per heavy atom. The first kappa shape index (κ1) is 15.0. The summed E-state index contributed by atoms with van der Waals surface area (Å²) < 4.78 is 12.1. The third-order valence-corrected chi connectivity index (χ3v) is 3.59. The molecule has 0 unspecified atom stereocenters. The average molecular weight is 402 g/mol. The molecule has 104 valence electrons. The van der Waals surface area contributed by atoms with Crippen LogP contribution in [0.25, 0.3) is 6.08 Å². The number of carbonyl (C=O) groups is 2. The molecule has 0 saturated carbocycles. The van der Waals surface area contributed by atoms with Gasteiger partial charge in [-0.1, -0.05) is 15.9 Å². The molecular weight excluding hydrogens is 392 g/mol. The standard InChI is InChI=1S/C14H10Br2O4/c1-2-19-14(18)10(7-17)12-4-3-8-5-9(15)6-11(16)13(8)20-12/h3-7H,2H2,1H3. The van der Waals surface area contributed by atoms with E-state index in [9.17, 15) is 9.59 Å². The predicted molar refractivity (Wildman–Crippen MR) is 81.2 cm³/mol. The van der Waals surface area contributed by atoms with Gasteiger partial charge in [0.2, 0.25) is 0 Å². The highest BCUT2D eigenvalue weighted by molar-refractivity contribution is 9.11. The van der Waals surface area contributed by atoms with Gasteiger partial charge in [0, 0.05) is 10.0 Å². The van der Waals surface area contributed by atoms with Gasteiger partial charge in [-0.2, -0.15) is 0 Å². The molecule has 0 spiro atoms. The van der Waals surface area contributed by atoms with E-state index in [4.69, 9.17) is 9.47 Å². The molecule has 1 aliphatic heterocycles. The molecule has 0 saturated heterocycles. The van der Waals surface area contributed by atoms with Crippen LogP contribution in [-0.4, -0.2) is 18.9 Å². The fourth-order valence-corrected chi connectivity index (χ4v) is 3.02. The highest BCUT2D eigenvalue weighted by Crippen LogP contribution is 2.38. The van der Waals surface area contributed by atoms with Crippen LogP contribution in [0.5, 0.6) is 5.75 Å². The van der Waals surface area contributed by atoms with Crippen molar-refractivity contribution in [3.8, 4) is 5.75 Å². The number of ether oxygens (including phenoxy) is 2. The van der Waals surface area contributed by atoms with Crippen molar-refractivity contribution in [2.75, 3.05) is 6.61 Å². The van der Waals surface area contributed by atoms with Crippen molar-refractivity contribution in [3.05, 3.63) is 44.0 Å². The van der Waals surface area contributed by atoms with Gasteiger partial charge in [-0.3, -0.25) is 4.79 Å². The Bertz CT molecular complexity index is 632. The average Bonchev–Trinajstić information content (AvgIpc) is 2.40. The summed E-state index contributed by atoms with van der Waals surface area (Å²) in [4.78, 5) is 22.8. The van der Waals surface area contributed by atoms with Crippen molar-refractivity contribution < 1.29 is 19.1 Å². The van der Waals surface area contributed by atoms with Crippen LogP contribution in [0.15, 0.2) is 38.5 Å². The number of allylic oxidation sites excluding steroid dienone is 1. The topological polar surface area (TPSA) is 52.6 Å². The van der Waals surface area contributed by atoms with Crippen LogP contribution in [0.2, 0.25) is 0 Å². The second-order valence-electron chi connectivity index (χ2n) is 3.86. The molecule has 1 aromatic rings. The summed E-state index contributed by atoms with van der Waals surface area (Å²) in [7, 11) is 0. The van der Waals surface area contributed by atoms with Gasteiger partial charge < -0.3 is 9.47 Å². The minimum atomic E-state index is -0.696. The van der Waals surface area contributed by atoms with Gasteiger partial charge in [-0.15, -0.1) is 0 Å². The molecule has 0 radical (unpaired) electrons. The Morgan fingerprint density at radius 3 is 2.75 bits per heavy atom. The van der Waals surface area contributed by atoms with Gasteiger partial charge in [0.15, 0.2) is 6.29 Å². The molecule has 20 heavy (non-hydrogen) atoms. The minimum Gasteiger partial charge on any atom is -0.462 e. The lowest BCUT2D eigenvalue weighted by atomic mass is 10.1. The largest absolute Gasteiger partial charge is 0.462 e. The van der Waals surface area contributed by atoms with E-state index in [0.717, 1.165) is 14.5 Å². The van der Waals surface area contributed by atoms with Crippen molar-refractivity contribution in [3.63, 3.8) is 0 Å². The van der Waals surface area contributed by atoms with Crippen molar-refractivity contribution in [2.45, 2.75) is 6.92 Å². The fraction of sp³-hybridized carbons (Fsp3) is 0.143. The van der Waals surface area contributed by atoms with Gasteiger partial charge in [-0.25, -0.2) is 4.79 Å². The Morgan fingerprint density at radius 1 is 1.35 bits per heavy atom. The smallest absolute Gasteiger partial charge is 0.345 e. The number of hydrogen-bond acceptors (Lipinski definition) is 4. The van der Waals surface area contributed by atoms with E-state index in [1.54, 1.807) is 19.1 Å². The van der Waals surface area contributed by atoms with Gasteiger partial charge in [0.05, 0.1) is 11.1 Å². The summed E-state index contributed by atoms with van der Waals surface area (Å²) in [6, 6.07) is 3.69. The summed E-state index contributed by atoms with van der Waals surface area (Å²) >= 11 is 6.76. The van der Waals surface area contributed by atoms with Gasteiger partial charge in [-0.05, 0) is 47.1 Å². The Kier molecular flexibility index (Phi) is 4.77. The minimum absolute atomic E-state index is 0.136. The molecule has 0 aliphatic carbocycles. The molecular formula is C14H10Br2O4. The lowest BCUT2D eigenvalue weighted by Gasteiger charge is -2.17. The van der Waals surface area contributed by atoms with Crippen molar-refractivity contribution >= 4 is 50.2 Å². The molecule has 0 fully saturated rings. The van der Waals surface area contributed by atoms with Crippen LogP contribution in [0, 0.1) is 0 Å². The number of halogens is 2. The monoisotopic (exact) mass is 400 g/mol. The van der Waals surface area contributed by atoms with E-state index in [0.29, 0.717) is 12.0 Å². The Labute approximate surface area is 132 Å². The third-order valence-electron chi connectivity index (χ3n) is 2.54. The van der Waals surface area contributed by atoms with Gasteiger partial charge >= 0.3 is 5.97 Å². The van der Waals surface area contributed by atoms with Crippen LogP contribution in [0.4, 0.5) is 0 Å². The van der Waals surface area contributed by atoms with Crippen LogP contribution in [0.1, 0.15) is 12.5 Å². The summed E-state index contributed by atoms with van der Waals surface area (Å²) in [6.45, 7) is 1.87. The van der Waals surface area contributed by atoms with Crippen LogP contribution < -0.4 is 4.74 Å². The third kappa shape index (κ3) is 3.02. The number of hydrogen-bond donors (Lipinski definition) is 0. The molecule has 6 heteroatoms. The number of fused-ring (bicyclic) bond motifs is 1. The van der Waals surface area contributed by atoms with E-state index in [2.05, 4.69) is 31.9 Å². The maximum Gasteiger partial charge on any atom is 0.345 e. The van der Waals surface area contributed by atoms with Crippen molar-refractivity contribution in [2.24, 2.45) is 0 Å². The molecule has 0 atom stereocenters. The van der Waals surface area contributed by atoms with Gasteiger partial charge in [0.1, 0.15) is 17.1 Å². The predicted octanol–water partition coefficient (Wildman–Crippen LogP) is 3.63. The van der Waals surface area contributed by atoms with Crippen molar-refractivity contribution in [1.82, 2.24) is 0 Å². The molecule has 2 rings (SSSR count). The molecule has 0 N–H and O–H groups in total. The van der Waals surface area contributed by atoms with Gasteiger partial charge in [0.25, 0.3) is 0 Å². The number of benzene rings is 1. The lowest BCUT2D eigenvalue weighted by Crippen LogP contribution is -2.14. The van der Waals surface area contributed by atoms with Crippen LogP contribution in [-0.2, 0) is 14.3 Å². The van der Waals surface area contributed by atoms with Crippen LogP contribution in [0.3, 0.4) is 0 Å². The second-order valence-corrected chi connectivity index (χ2v) is 5.63. The molecule has 0 amide bonds. The SMILES string of the molecule is CCOC(=O)C(C=O)=C1C=Cc2cc(Br)cc(Br)c2O1. The fourth-order valence-electron chi connectivity index (χ4n) is 1.68. The molecule has 4 nitrogen and oxygen atoms in total. The maximum atomic E-state index is 11.7. The summed E-state index contributed by atoms with van der Waals surface area (Å²) in [5.74, 6) is 0.0298. The number of esters is 1. The summed E-state index contributed by atoms with van der Waals surface area (Å²) in [5, 5.41) is 0. The normalized spacial score (nSPS) is 15.2. The Hall–Kier alpha value is -1.40. The van der Waals surface area contributed by atoms with E-state index < -0.39 is 5.97 Å². The Balaban J connectivity index is 2.45. The first-order chi connectivity index (χ1) is 9.56. The number of aldehydes is 1. The zero-order valence-corrected chi connectivity index (χ0v) is 13.7. The quantitative estimate of drug-likeness (QED) is 0.255. The van der Waals surface area contributed by atoms with E-state index in [1.165, 1.54) is 0 Å². The number of carbonyl (C=O) groups excluding carboxylic acids is 2. The lowest BCUT2D eigenvalue weighted by molar-refractivity contribution is -0.139. The molecule has 1 aliphatic rings. The highest BCUT2D eigenvalue weighted by Gasteiger charge is 2.21. The van der Waals surface area contributed by atoms with E-state index >= 15 is 0 Å². The van der Waals surface area contributed by atoms with E-state index in [1.807, 2.05) is 12.1 Å². The molecule has 0 aromatic heterocycles. The van der Waals surface area contributed by atoms with E-state index in [-0.39, 0.29) is 17.9 Å². The van der Waals surface area contributed by atoms with Crippen molar-refractivity contribution in [1.29, 1.82) is 0 Å². The first-order valence-corrected chi connectivity index (χ1v) is 7.37. The maximum absolute atomic E-state index is 11.7. The highest BCUT2D eigenvalue weighted by atomic mass is 79.9. The summed E-state index contributed by atoms with van der Waals surface area (Å²) in [5.41, 5.74) is 0.702. The van der Waals surface area contributed by atoms with Crippen LogP contribution >= 0.6 is 31.9 Å². The zero-order chi connectivity index (χ0) is 14.7. The summed E-state index contributed by atoms with van der Waals surface area (Å²) in [6.07, 6.45) is 3.78. The number of rotatable bonds is 3. The second kappa shape index (κ2) is 6.37. The molecule has 1 heterocycles.